The normalized spacial score (nSPS) is 14.4. The number of aromatic nitrogens is 7. The van der Waals surface area contributed by atoms with Crippen molar-refractivity contribution in [2.45, 2.75) is 25.8 Å². The molecule has 1 aromatic carbocycles. The molecule has 39 heavy (non-hydrogen) atoms. The maximum atomic E-state index is 16.1. The number of hydrogen-bond acceptors (Lipinski definition) is 6. The molecule has 0 aliphatic carbocycles. The van der Waals surface area contributed by atoms with Crippen LogP contribution in [-0.2, 0) is 6.54 Å². The fourth-order valence-corrected chi connectivity index (χ4v) is 5.34. The van der Waals surface area contributed by atoms with Gasteiger partial charge >= 0.3 is 0 Å². The number of hydrogen-bond donors (Lipinski definition) is 2. The number of aromatic amines is 2. The predicted octanol–water partition coefficient (Wildman–Crippen LogP) is 5.89. The molecule has 0 radical (unpaired) electrons. The van der Waals surface area contributed by atoms with E-state index in [4.69, 9.17) is 4.98 Å². The largest absolute Gasteiger partial charge is 0.335 e. The molecule has 1 aliphatic heterocycles. The average molecular weight is 523 g/mol. The zero-order chi connectivity index (χ0) is 26.3. The van der Waals surface area contributed by atoms with Gasteiger partial charge in [0.25, 0.3) is 0 Å². The summed E-state index contributed by atoms with van der Waals surface area (Å²) in [6.07, 6.45) is 12.0. The summed E-state index contributed by atoms with van der Waals surface area (Å²) >= 11 is 0. The molecule has 0 saturated carbocycles. The lowest BCUT2D eigenvalue weighted by Crippen LogP contribution is -2.29. The molecule has 0 unspecified atom stereocenters. The van der Waals surface area contributed by atoms with E-state index in [1.165, 1.54) is 31.4 Å². The molecule has 1 saturated heterocycles. The number of nitrogens with zero attached hydrogens (tertiary/aromatic N) is 6. The highest BCUT2D eigenvalue weighted by molar-refractivity contribution is 5.97. The molecule has 6 aromatic rings. The third kappa shape index (κ3) is 4.32. The van der Waals surface area contributed by atoms with Crippen molar-refractivity contribution in [1.82, 2.24) is 40.0 Å². The van der Waals surface area contributed by atoms with Gasteiger partial charge in [-0.05, 0) is 55.3 Å². The Balaban J connectivity index is 1.29. The highest BCUT2D eigenvalue weighted by Gasteiger charge is 2.22. The van der Waals surface area contributed by atoms with Crippen LogP contribution in [0.4, 0.5) is 8.78 Å². The summed E-state index contributed by atoms with van der Waals surface area (Å²) in [4.78, 5) is 23.4. The molecule has 0 atom stereocenters. The number of pyridine rings is 3. The summed E-state index contributed by atoms with van der Waals surface area (Å²) in [5.74, 6) is -0.484. The molecule has 1 aliphatic rings. The predicted molar refractivity (Wildman–Crippen MR) is 144 cm³/mol. The van der Waals surface area contributed by atoms with Crippen LogP contribution in [0.5, 0.6) is 0 Å². The Morgan fingerprint density at radius 3 is 2.59 bits per heavy atom. The Morgan fingerprint density at radius 1 is 0.846 bits per heavy atom. The van der Waals surface area contributed by atoms with Crippen LogP contribution >= 0.6 is 0 Å². The van der Waals surface area contributed by atoms with Crippen molar-refractivity contribution >= 4 is 21.9 Å². The first kappa shape index (κ1) is 23.5. The summed E-state index contributed by atoms with van der Waals surface area (Å²) in [6.45, 7) is 2.91. The summed E-state index contributed by atoms with van der Waals surface area (Å²) in [7, 11) is 0. The first-order valence-corrected chi connectivity index (χ1v) is 12.9. The van der Waals surface area contributed by atoms with E-state index < -0.39 is 5.82 Å². The second kappa shape index (κ2) is 9.63. The number of imidazole rings is 1. The van der Waals surface area contributed by atoms with E-state index in [2.05, 4.69) is 35.0 Å². The number of rotatable bonds is 5. The number of benzene rings is 1. The van der Waals surface area contributed by atoms with E-state index in [9.17, 15) is 4.39 Å². The van der Waals surface area contributed by atoms with Crippen LogP contribution in [-0.4, -0.2) is 53.1 Å². The molecule has 1 fully saturated rings. The van der Waals surface area contributed by atoms with E-state index in [-0.39, 0.29) is 16.9 Å². The summed E-state index contributed by atoms with van der Waals surface area (Å²) in [5.41, 5.74) is 5.14. The van der Waals surface area contributed by atoms with Gasteiger partial charge < -0.3 is 4.98 Å². The lowest BCUT2D eigenvalue weighted by Gasteiger charge is -2.26. The smallest absolute Gasteiger partial charge is 0.161 e. The Hall–Kier alpha value is -4.57. The average Bonchev–Trinajstić information content (AvgIpc) is 3.59. The van der Waals surface area contributed by atoms with Crippen molar-refractivity contribution in [2.24, 2.45) is 0 Å². The molecule has 6 heterocycles. The van der Waals surface area contributed by atoms with Gasteiger partial charge in [-0.15, -0.1) is 0 Å². The number of piperidine rings is 1. The van der Waals surface area contributed by atoms with Gasteiger partial charge in [0.2, 0.25) is 0 Å². The van der Waals surface area contributed by atoms with Gasteiger partial charge in [0, 0.05) is 36.3 Å². The van der Waals surface area contributed by atoms with Gasteiger partial charge in [-0.25, -0.2) is 13.8 Å². The minimum atomic E-state index is -0.503. The fraction of sp³-hybridized carbons (Fsp3) is 0.207. The molecule has 2 N–H and O–H groups in total. The summed E-state index contributed by atoms with van der Waals surface area (Å²) < 4.78 is 30.0. The standard InChI is InChI=1S/C29H24F2N8/c30-20-6-4-5-18(10-20)21-13-33-14-23-27(21)36-29(35-23)28-24-22(37-38-28)15-34-26(25(24)31)19-9-17(11-32-12-19)16-39-7-2-1-3-8-39/h4-6,9-15H,1-3,7-8,16H2,(H,35,36)(H,37,38). The summed E-state index contributed by atoms with van der Waals surface area (Å²) in [6, 6.07) is 8.20. The summed E-state index contributed by atoms with van der Waals surface area (Å²) in [5, 5.41) is 7.51. The zero-order valence-corrected chi connectivity index (χ0v) is 21.0. The molecule has 0 spiro atoms. The van der Waals surface area contributed by atoms with Crippen LogP contribution in [0.3, 0.4) is 0 Å². The molecule has 7 rings (SSSR count). The van der Waals surface area contributed by atoms with Gasteiger partial charge in [-0.2, -0.15) is 5.10 Å². The van der Waals surface area contributed by atoms with E-state index in [1.807, 2.05) is 12.3 Å². The molecule has 0 bridgehead atoms. The topological polar surface area (TPSA) is 99.3 Å². The van der Waals surface area contributed by atoms with Crippen molar-refractivity contribution < 1.29 is 8.78 Å². The van der Waals surface area contributed by atoms with Crippen LogP contribution in [0.25, 0.3) is 55.8 Å². The molecule has 10 heteroatoms. The molecular weight excluding hydrogens is 498 g/mol. The number of fused-ring (bicyclic) bond motifs is 2. The Bertz CT molecular complexity index is 1820. The molecule has 5 aromatic heterocycles. The second-order valence-corrected chi connectivity index (χ2v) is 9.88. The van der Waals surface area contributed by atoms with Crippen molar-refractivity contribution in [3.05, 3.63) is 78.5 Å². The van der Waals surface area contributed by atoms with Crippen LogP contribution in [0.1, 0.15) is 24.8 Å². The van der Waals surface area contributed by atoms with Crippen molar-refractivity contribution in [3.63, 3.8) is 0 Å². The van der Waals surface area contributed by atoms with Crippen molar-refractivity contribution in [2.75, 3.05) is 13.1 Å². The third-order valence-corrected chi connectivity index (χ3v) is 7.22. The van der Waals surface area contributed by atoms with Gasteiger partial charge in [-0.3, -0.25) is 25.0 Å². The quantitative estimate of drug-likeness (QED) is 0.293. The maximum absolute atomic E-state index is 16.1. The number of halogens is 2. The molecular formula is C29H24F2N8. The van der Waals surface area contributed by atoms with E-state index in [0.717, 1.165) is 25.2 Å². The Morgan fingerprint density at radius 2 is 1.72 bits per heavy atom. The monoisotopic (exact) mass is 522 g/mol. The van der Waals surface area contributed by atoms with Crippen LogP contribution < -0.4 is 0 Å². The minimum absolute atomic E-state index is 0.205. The van der Waals surface area contributed by atoms with Crippen LogP contribution in [0.2, 0.25) is 0 Å². The SMILES string of the molecule is Fc1cccc(-c2cncc3[nH]c(-c4n[nH]c5cnc(-c6cncc(CN7CCCCC7)c6)c(F)c45)nc23)c1. The fourth-order valence-electron chi connectivity index (χ4n) is 5.34. The molecule has 0 amide bonds. The zero-order valence-electron chi connectivity index (χ0n) is 21.0. The lowest BCUT2D eigenvalue weighted by atomic mass is 10.1. The number of likely N-dealkylation sites (tertiary alicyclic amines) is 1. The lowest BCUT2D eigenvalue weighted by molar-refractivity contribution is 0.220. The van der Waals surface area contributed by atoms with Gasteiger partial charge in [-0.1, -0.05) is 18.6 Å². The van der Waals surface area contributed by atoms with Crippen LogP contribution in [0, 0.1) is 11.6 Å². The van der Waals surface area contributed by atoms with Gasteiger partial charge in [0.15, 0.2) is 11.6 Å². The second-order valence-electron chi connectivity index (χ2n) is 9.88. The van der Waals surface area contributed by atoms with E-state index in [1.54, 1.807) is 36.9 Å². The highest BCUT2D eigenvalue weighted by Crippen LogP contribution is 2.34. The maximum Gasteiger partial charge on any atom is 0.161 e. The number of H-pyrrole nitrogens is 2. The van der Waals surface area contributed by atoms with Crippen molar-refractivity contribution in [3.8, 4) is 33.9 Å². The first-order chi connectivity index (χ1) is 19.1. The van der Waals surface area contributed by atoms with Gasteiger partial charge in [0.1, 0.15) is 17.2 Å². The van der Waals surface area contributed by atoms with Gasteiger partial charge in [0.05, 0.1) is 34.3 Å². The molecule has 194 valence electrons. The Labute approximate surface area is 222 Å². The molecule has 8 nitrogen and oxygen atoms in total. The minimum Gasteiger partial charge on any atom is -0.335 e. The van der Waals surface area contributed by atoms with E-state index >= 15 is 4.39 Å². The van der Waals surface area contributed by atoms with Crippen LogP contribution in [0.15, 0.2) is 61.3 Å². The van der Waals surface area contributed by atoms with E-state index in [0.29, 0.717) is 44.8 Å². The number of nitrogens with one attached hydrogen (secondary N) is 2. The highest BCUT2D eigenvalue weighted by atomic mass is 19.1. The Kier molecular flexibility index (Phi) is 5.81. The third-order valence-electron chi connectivity index (χ3n) is 7.22. The van der Waals surface area contributed by atoms with Crippen molar-refractivity contribution in [1.29, 1.82) is 0 Å². The first-order valence-electron chi connectivity index (χ1n) is 12.9.